The number of benzene rings is 3. The van der Waals surface area contributed by atoms with Gasteiger partial charge in [0.1, 0.15) is 18.3 Å². The minimum absolute atomic E-state index is 0.0655. The fraction of sp³-hybridized carbons (Fsp3) is 0.394. The Labute approximate surface area is 250 Å². The highest BCUT2D eigenvalue weighted by Crippen LogP contribution is 2.27. The molecular formula is C33H43N3O5S. The maximum Gasteiger partial charge on any atom is 0.264 e. The molecule has 0 aromatic heterocycles. The van der Waals surface area contributed by atoms with E-state index in [1.807, 2.05) is 65.8 Å². The molecule has 42 heavy (non-hydrogen) atoms. The van der Waals surface area contributed by atoms with Crippen molar-refractivity contribution < 1.29 is 22.7 Å². The van der Waals surface area contributed by atoms with Crippen molar-refractivity contribution in [3.05, 3.63) is 89.5 Å². The van der Waals surface area contributed by atoms with Crippen LogP contribution in [0.5, 0.6) is 5.75 Å². The number of hydrogen-bond acceptors (Lipinski definition) is 5. The van der Waals surface area contributed by atoms with Crippen LogP contribution in [0.1, 0.15) is 57.2 Å². The molecule has 0 spiro atoms. The number of carbonyl (C=O) groups excluding carboxylic acids is 2. The lowest BCUT2D eigenvalue weighted by Gasteiger charge is -2.34. The van der Waals surface area contributed by atoms with Crippen LogP contribution in [-0.4, -0.2) is 50.4 Å². The zero-order valence-electron chi connectivity index (χ0n) is 25.5. The Hall–Kier alpha value is -3.85. The van der Waals surface area contributed by atoms with Crippen molar-refractivity contribution in [1.29, 1.82) is 0 Å². The number of nitrogens with one attached hydrogen (secondary N) is 1. The van der Waals surface area contributed by atoms with Crippen LogP contribution in [0.2, 0.25) is 0 Å². The van der Waals surface area contributed by atoms with Crippen LogP contribution >= 0.6 is 0 Å². The minimum atomic E-state index is -4.14. The number of hydrogen-bond donors (Lipinski definition) is 1. The first-order chi connectivity index (χ1) is 20.0. The van der Waals surface area contributed by atoms with E-state index in [4.69, 9.17) is 4.74 Å². The predicted octanol–water partition coefficient (Wildman–Crippen LogP) is 5.62. The van der Waals surface area contributed by atoms with E-state index in [-0.39, 0.29) is 23.4 Å². The first kappa shape index (κ1) is 32.7. The van der Waals surface area contributed by atoms with Gasteiger partial charge in [-0.1, -0.05) is 55.8 Å². The molecule has 0 saturated carbocycles. The predicted molar refractivity (Wildman–Crippen MR) is 167 cm³/mol. The summed E-state index contributed by atoms with van der Waals surface area (Å²) in [5.41, 5.74) is 3.10. The highest BCUT2D eigenvalue weighted by Gasteiger charge is 2.34. The molecule has 0 aliphatic rings. The smallest absolute Gasteiger partial charge is 0.264 e. The highest BCUT2D eigenvalue weighted by molar-refractivity contribution is 7.92. The van der Waals surface area contributed by atoms with Crippen LogP contribution in [0.4, 0.5) is 5.69 Å². The lowest BCUT2D eigenvalue weighted by molar-refractivity contribution is -0.140. The van der Waals surface area contributed by atoms with Crippen molar-refractivity contribution in [2.75, 3.05) is 17.5 Å². The maximum absolute atomic E-state index is 14.2. The fourth-order valence-electron chi connectivity index (χ4n) is 4.57. The third-order valence-corrected chi connectivity index (χ3v) is 9.10. The first-order valence-electron chi connectivity index (χ1n) is 14.5. The van der Waals surface area contributed by atoms with Gasteiger partial charge in [-0.2, -0.15) is 0 Å². The Balaban J connectivity index is 2.07. The van der Waals surface area contributed by atoms with Gasteiger partial charge in [-0.25, -0.2) is 8.42 Å². The van der Waals surface area contributed by atoms with Crippen molar-refractivity contribution in [3.63, 3.8) is 0 Å². The number of carbonyl (C=O) groups is 2. The number of amides is 2. The third kappa shape index (κ3) is 8.12. The molecule has 0 saturated heterocycles. The second-order valence-corrected chi connectivity index (χ2v) is 12.3. The standard InChI is InChI=1S/C33H43N3O5S/c1-7-26(6)34-33(38)31(8-2)35(22-27-13-11-10-12-25(27)5)32(37)23-36(28-16-18-29(19-17-28)41-9-3)42(39,40)30-20-14-24(4)15-21-30/h10-21,26,31H,7-9,22-23H2,1-6H3,(H,34,38)/t26-,31+/m0/s1. The van der Waals surface area contributed by atoms with Gasteiger partial charge in [0.15, 0.2) is 0 Å². The van der Waals surface area contributed by atoms with Gasteiger partial charge in [-0.15, -0.1) is 0 Å². The molecule has 2 amide bonds. The van der Waals surface area contributed by atoms with Gasteiger partial charge in [-0.3, -0.25) is 13.9 Å². The van der Waals surface area contributed by atoms with E-state index >= 15 is 0 Å². The second kappa shape index (κ2) is 14.9. The van der Waals surface area contributed by atoms with E-state index in [1.165, 1.54) is 17.0 Å². The van der Waals surface area contributed by atoms with E-state index in [9.17, 15) is 18.0 Å². The summed E-state index contributed by atoms with van der Waals surface area (Å²) in [4.78, 5) is 29.2. The molecule has 226 valence electrons. The molecule has 3 rings (SSSR count). The summed E-state index contributed by atoms with van der Waals surface area (Å²) in [6.45, 7) is 11.6. The van der Waals surface area contributed by atoms with E-state index in [1.54, 1.807) is 36.4 Å². The molecule has 0 aliphatic carbocycles. The fourth-order valence-corrected chi connectivity index (χ4v) is 5.99. The van der Waals surface area contributed by atoms with Crippen LogP contribution in [0.3, 0.4) is 0 Å². The Morgan fingerprint density at radius 3 is 2.10 bits per heavy atom. The van der Waals surface area contributed by atoms with E-state index in [0.29, 0.717) is 24.5 Å². The van der Waals surface area contributed by atoms with Gasteiger partial charge in [0.2, 0.25) is 11.8 Å². The van der Waals surface area contributed by atoms with Crippen LogP contribution in [-0.2, 0) is 26.2 Å². The summed E-state index contributed by atoms with van der Waals surface area (Å²) in [5.74, 6) is -0.147. The van der Waals surface area contributed by atoms with E-state index in [0.717, 1.165) is 27.4 Å². The lowest BCUT2D eigenvalue weighted by atomic mass is 10.1. The summed E-state index contributed by atoms with van der Waals surface area (Å²) in [7, 11) is -4.14. The first-order valence-corrected chi connectivity index (χ1v) is 15.9. The summed E-state index contributed by atoms with van der Waals surface area (Å²) in [6, 6.07) is 20.0. The Kier molecular flexibility index (Phi) is 11.6. The summed E-state index contributed by atoms with van der Waals surface area (Å²) >= 11 is 0. The lowest BCUT2D eigenvalue weighted by Crippen LogP contribution is -2.53. The van der Waals surface area contributed by atoms with Crippen LogP contribution in [0.15, 0.2) is 77.7 Å². The number of nitrogens with zero attached hydrogens (tertiary/aromatic N) is 2. The molecule has 0 aliphatic heterocycles. The maximum atomic E-state index is 14.2. The molecule has 0 radical (unpaired) electrons. The van der Waals surface area contributed by atoms with Gasteiger partial charge in [0.25, 0.3) is 10.0 Å². The zero-order valence-corrected chi connectivity index (χ0v) is 26.3. The Morgan fingerprint density at radius 2 is 1.52 bits per heavy atom. The van der Waals surface area contributed by atoms with Crippen LogP contribution in [0.25, 0.3) is 0 Å². The zero-order chi connectivity index (χ0) is 30.9. The molecule has 1 N–H and O–H groups in total. The van der Waals surface area contributed by atoms with Gasteiger partial charge < -0.3 is 15.0 Å². The van der Waals surface area contributed by atoms with Crippen LogP contribution < -0.4 is 14.4 Å². The van der Waals surface area contributed by atoms with E-state index in [2.05, 4.69) is 5.32 Å². The SMILES string of the molecule is CCOc1ccc(N(CC(=O)N(Cc2ccccc2C)[C@H](CC)C(=O)N[C@@H](C)CC)S(=O)(=O)c2ccc(C)cc2)cc1. The van der Waals surface area contributed by atoms with Crippen molar-refractivity contribution in [1.82, 2.24) is 10.2 Å². The average molecular weight is 594 g/mol. The molecule has 3 aromatic carbocycles. The molecular weight excluding hydrogens is 550 g/mol. The molecule has 0 fully saturated rings. The molecule has 9 heteroatoms. The summed E-state index contributed by atoms with van der Waals surface area (Å²) in [6.07, 6.45) is 1.11. The number of anilines is 1. The number of sulfonamides is 1. The second-order valence-electron chi connectivity index (χ2n) is 10.4. The summed E-state index contributed by atoms with van der Waals surface area (Å²) in [5, 5.41) is 3.00. The van der Waals surface area contributed by atoms with Crippen LogP contribution in [0, 0.1) is 13.8 Å². The van der Waals surface area contributed by atoms with Gasteiger partial charge in [-0.05, 0) is 88.1 Å². The highest BCUT2D eigenvalue weighted by atomic mass is 32.2. The molecule has 0 bridgehead atoms. The molecule has 2 atom stereocenters. The van der Waals surface area contributed by atoms with Crippen molar-refractivity contribution in [2.45, 2.75) is 77.9 Å². The van der Waals surface area contributed by atoms with E-state index < -0.39 is 28.5 Å². The van der Waals surface area contributed by atoms with Gasteiger partial charge in [0, 0.05) is 12.6 Å². The van der Waals surface area contributed by atoms with Crippen molar-refractivity contribution in [3.8, 4) is 5.75 Å². The monoisotopic (exact) mass is 593 g/mol. The third-order valence-electron chi connectivity index (χ3n) is 7.31. The van der Waals surface area contributed by atoms with Gasteiger partial charge >= 0.3 is 0 Å². The molecule has 8 nitrogen and oxygen atoms in total. The number of ether oxygens (including phenoxy) is 1. The molecule has 0 heterocycles. The van der Waals surface area contributed by atoms with Gasteiger partial charge in [0.05, 0.1) is 17.2 Å². The number of aryl methyl sites for hydroxylation is 2. The number of rotatable bonds is 14. The largest absolute Gasteiger partial charge is 0.494 e. The summed E-state index contributed by atoms with van der Waals surface area (Å²) < 4.78 is 34.7. The van der Waals surface area contributed by atoms with Crippen molar-refractivity contribution in [2.24, 2.45) is 0 Å². The minimum Gasteiger partial charge on any atom is -0.494 e. The van der Waals surface area contributed by atoms with Crippen molar-refractivity contribution >= 4 is 27.5 Å². The molecule has 0 unspecified atom stereocenters. The Bertz CT molecular complexity index is 1440. The quantitative estimate of drug-likeness (QED) is 0.262. The normalized spacial score (nSPS) is 12.7. The Morgan fingerprint density at radius 1 is 0.881 bits per heavy atom. The average Bonchev–Trinajstić information content (AvgIpc) is 2.97. The molecule has 3 aromatic rings. The topological polar surface area (TPSA) is 96.0 Å².